The van der Waals surface area contributed by atoms with E-state index >= 15 is 0 Å². The summed E-state index contributed by atoms with van der Waals surface area (Å²) in [6.45, 7) is 4.24. The highest BCUT2D eigenvalue weighted by Crippen LogP contribution is 2.24. The maximum atomic E-state index is 10.9. The van der Waals surface area contributed by atoms with Crippen LogP contribution in [0.1, 0.15) is 25.7 Å². The first-order valence-corrected chi connectivity index (χ1v) is 4.24. The molecule has 1 N–H and O–H groups in total. The van der Waals surface area contributed by atoms with E-state index in [1.165, 1.54) is 0 Å². The molecule has 1 rings (SSSR count). The third-order valence-corrected chi connectivity index (χ3v) is 2.29. The number of carboxylic acids is 1. The van der Waals surface area contributed by atoms with Crippen LogP contribution in [0.25, 0.3) is 0 Å². The molecule has 3 nitrogen and oxygen atoms in total. The molecule has 0 aliphatic carbocycles. The number of hydrogen-bond donors (Lipinski definition) is 1. The van der Waals surface area contributed by atoms with Crippen LogP contribution in [0.15, 0.2) is 12.7 Å². The molecule has 1 aliphatic rings. The first kappa shape index (κ1) is 9.26. The normalized spacial score (nSPS) is 29.7. The number of aliphatic carboxylic acids is 1. The van der Waals surface area contributed by atoms with E-state index in [9.17, 15) is 4.79 Å². The smallest absolute Gasteiger partial charge is 0.325 e. The summed E-state index contributed by atoms with van der Waals surface area (Å²) in [5, 5.41) is 13.2. The summed E-state index contributed by atoms with van der Waals surface area (Å²) in [5.74, 6) is -0.804. The maximum Gasteiger partial charge on any atom is 0.325 e. The van der Waals surface area contributed by atoms with Gasteiger partial charge in [0.05, 0.1) is 0 Å². The van der Waals surface area contributed by atoms with Crippen LogP contribution in [0.3, 0.4) is 0 Å². The lowest BCUT2D eigenvalue weighted by Gasteiger charge is -2.31. The minimum Gasteiger partial charge on any atom is -0.480 e. The third kappa shape index (κ3) is 1.67. The molecule has 0 aromatic heterocycles. The number of carbonyl (C=O) groups is 1. The van der Waals surface area contributed by atoms with E-state index in [0.29, 0.717) is 19.4 Å². The predicted molar refractivity (Wildman–Crippen MR) is 46.0 cm³/mol. The molecular weight excluding hydrogens is 154 g/mol. The van der Waals surface area contributed by atoms with Crippen LogP contribution in [0.4, 0.5) is 0 Å². The highest BCUT2D eigenvalue weighted by Gasteiger charge is 2.39. The molecule has 3 heteroatoms. The third-order valence-electron chi connectivity index (χ3n) is 2.29. The molecule has 1 heterocycles. The summed E-state index contributed by atoms with van der Waals surface area (Å²) in [4.78, 5) is 10.9. The second-order valence-electron chi connectivity index (χ2n) is 3.17. The lowest BCUT2D eigenvalue weighted by Crippen LogP contribution is -2.49. The number of piperidine rings is 1. The van der Waals surface area contributed by atoms with E-state index in [1.807, 2.05) is 0 Å². The van der Waals surface area contributed by atoms with Crippen LogP contribution in [-0.2, 0) is 4.79 Å². The Kier molecular flexibility index (Phi) is 2.87. The van der Waals surface area contributed by atoms with Crippen LogP contribution in [0, 0.1) is 0 Å². The molecule has 0 aromatic carbocycles. The minimum atomic E-state index is -0.847. The molecule has 1 unspecified atom stereocenters. The fourth-order valence-corrected chi connectivity index (χ4v) is 1.57. The van der Waals surface area contributed by atoms with Crippen molar-refractivity contribution in [3.63, 3.8) is 0 Å². The van der Waals surface area contributed by atoms with E-state index in [-0.39, 0.29) is 0 Å². The molecule has 0 spiro atoms. The molecule has 67 valence electrons. The van der Waals surface area contributed by atoms with Gasteiger partial charge in [0.1, 0.15) is 5.54 Å². The van der Waals surface area contributed by atoms with Crippen molar-refractivity contribution in [2.45, 2.75) is 31.2 Å². The lowest BCUT2D eigenvalue weighted by molar-refractivity contribution is -0.146. The van der Waals surface area contributed by atoms with Crippen molar-refractivity contribution in [1.82, 2.24) is 5.32 Å². The molecule has 0 bridgehead atoms. The number of nitrogens with zero attached hydrogens (tertiary/aromatic N) is 1. The molecule has 12 heavy (non-hydrogen) atoms. The van der Waals surface area contributed by atoms with Crippen molar-refractivity contribution in [1.29, 1.82) is 0 Å². The van der Waals surface area contributed by atoms with Crippen LogP contribution < -0.4 is 5.32 Å². The fraction of sp³-hybridized carbons (Fsp3) is 0.667. The van der Waals surface area contributed by atoms with Crippen molar-refractivity contribution in [2.24, 2.45) is 0 Å². The quantitative estimate of drug-likeness (QED) is 0.643. The molecule has 1 saturated heterocycles. The minimum absolute atomic E-state index is 0.461. The summed E-state index contributed by atoms with van der Waals surface area (Å²) in [7, 11) is 0. The Hall–Kier alpha value is -0.830. The molecule has 0 saturated carbocycles. The van der Waals surface area contributed by atoms with Gasteiger partial charge in [0, 0.05) is 6.54 Å². The lowest BCUT2D eigenvalue weighted by atomic mass is 9.86. The van der Waals surface area contributed by atoms with Gasteiger partial charge in [-0.25, -0.2) is 5.32 Å². The SMILES string of the molecule is C=CCC1(C(=O)O)CCCC[N]1. The summed E-state index contributed by atoms with van der Waals surface area (Å²) in [5.41, 5.74) is -0.847. The predicted octanol–water partition coefficient (Wildman–Crippen LogP) is 1.17. The molecule has 0 aromatic rings. The number of hydrogen-bond acceptors (Lipinski definition) is 1. The highest BCUT2D eigenvalue weighted by molar-refractivity contribution is 5.79. The van der Waals surface area contributed by atoms with E-state index < -0.39 is 11.5 Å². The van der Waals surface area contributed by atoms with Crippen molar-refractivity contribution in [2.75, 3.05) is 6.54 Å². The van der Waals surface area contributed by atoms with Crippen molar-refractivity contribution >= 4 is 5.97 Å². The molecule has 0 amide bonds. The van der Waals surface area contributed by atoms with Gasteiger partial charge in [-0.2, -0.15) is 0 Å². The van der Waals surface area contributed by atoms with Crippen LogP contribution in [0.2, 0.25) is 0 Å². The van der Waals surface area contributed by atoms with Gasteiger partial charge in [-0.15, -0.1) is 6.58 Å². The van der Waals surface area contributed by atoms with Gasteiger partial charge in [0.25, 0.3) is 0 Å². The summed E-state index contributed by atoms with van der Waals surface area (Å²) in [6.07, 6.45) is 4.75. The fourth-order valence-electron chi connectivity index (χ4n) is 1.57. The zero-order chi connectivity index (χ0) is 9.03. The first-order chi connectivity index (χ1) is 5.71. The van der Waals surface area contributed by atoms with Crippen LogP contribution >= 0.6 is 0 Å². The van der Waals surface area contributed by atoms with E-state index in [0.717, 1.165) is 12.8 Å². The van der Waals surface area contributed by atoms with Gasteiger partial charge in [-0.1, -0.05) is 6.08 Å². The molecule has 1 aliphatic heterocycles. The Labute approximate surface area is 72.5 Å². The average Bonchev–Trinajstić information content (AvgIpc) is 2.06. The van der Waals surface area contributed by atoms with E-state index in [1.54, 1.807) is 6.08 Å². The number of rotatable bonds is 3. The summed E-state index contributed by atoms with van der Waals surface area (Å²) < 4.78 is 0. The second kappa shape index (κ2) is 3.72. The maximum absolute atomic E-state index is 10.9. The van der Waals surface area contributed by atoms with Crippen molar-refractivity contribution < 1.29 is 9.90 Å². The monoisotopic (exact) mass is 168 g/mol. The topological polar surface area (TPSA) is 51.4 Å². The molecule has 1 radical (unpaired) electrons. The van der Waals surface area contributed by atoms with E-state index in [2.05, 4.69) is 11.9 Å². The zero-order valence-corrected chi connectivity index (χ0v) is 7.12. The second-order valence-corrected chi connectivity index (χ2v) is 3.17. The average molecular weight is 168 g/mol. The van der Waals surface area contributed by atoms with E-state index in [4.69, 9.17) is 5.11 Å². The van der Waals surface area contributed by atoms with Crippen LogP contribution in [-0.4, -0.2) is 23.2 Å². The largest absolute Gasteiger partial charge is 0.480 e. The van der Waals surface area contributed by atoms with Gasteiger partial charge in [0.2, 0.25) is 0 Å². The Morgan fingerprint density at radius 3 is 2.83 bits per heavy atom. The van der Waals surface area contributed by atoms with Crippen LogP contribution in [0.5, 0.6) is 0 Å². The molecule has 1 atom stereocenters. The zero-order valence-electron chi connectivity index (χ0n) is 7.12. The van der Waals surface area contributed by atoms with Gasteiger partial charge in [-0.05, 0) is 25.7 Å². The van der Waals surface area contributed by atoms with Crippen molar-refractivity contribution in [3.8, 4) is 0 Å². The Bertz CT molecular complexity index is 183. The van der Waals surface area contributed by atoms with Gasteiger partial charge < -0.3 is 5.11 Å². The molecular formula is C9H14NO2. The molecule has 1 fully saturated rings. The summed E-state index contributed by atoms with van der Waals surface area (Å²) in [6, 6.07) is 0. The Balaban J connectivity index is 2.69. The first-order valence-electron chi connectivity index (χ1n) is 4.24. The summed E-state index contributed by atoms with van der Waals surface area (Å²) >= 11 is 0. The number of carboxylic acid groups (broad SMARTS) is 1. The Morgan fingerprint density at radius 1 is 1.67 bits per heavy atom. The van der Waals surface area contributed by atoms with Gasteiger partial charge in [0.15, 0.2) is 0 Å². The Morgan fingerprint density at radius 2 is 2.42 bits per heavy atom. The van der Waals surface area contributed by atoms with Gasteiger partial charge >= 0.3 is 5.97 Å². The standard InChI is InChI=1S/C9H14NO2/c1-2-5-9(8(11)12)6-3-4-7-10-9/h2H,1,3-7H2,(H,11,12). The van der Waals surface area contributed by atoms with Crippen molar-refractivity contribution in [3.05, 3.63) is 12.7 Å². The highest BCUT2D eigenvalue weighted by atomic mass is 16.4. The van der Waals surface area contributed by atoms with Gasteiger partial charge in [-0.3, -0.25) is 4.79 Å².